The van der Waals surface area contributed by atoms with Crippen LogP contribution in [0.2, 0.25) is 0 Å². The smallest absolute Gasteiger partial charge is 0.149 e. The molecule has 3 nitrogen and oxygen atoms in total. The molecule has 3 heteroatoms. The van der Waals surface area contributed by atoms with Gasteiger partial charge in [-0.1, -0.05) is 33.9 Å². The van der Waals surface area contributed by atoms with E-state index >= 15 is 0 Å². The summed E-state index contributed by atoms with van der Waals surface area (Å²) in [5, 5.41) is 0. The van der Waals surface area contributed by atoms with Crippen molar-refractivity contribution in [3.8, 4) is 0 Å². The molecule has 0 bridgehead atoms. The van der Waals surface area contributed by atoms with E-state index in [4.69, 9.17) is 5.73 Å². The maximum absolute atomic E-state index is 11.1. The second kappa shape index (κ2) is 10.9. The fraction of sp³-hybridized carbons (Fsp3) is 0.500. The topological polar surface area (TPSA) is 55.4 Å². The predicted octanol–water partition coefficient (Wildman–Crippen LogP) is 2.48. The Morgan fingerprint density at radius 2 is 2.00 bits per heavy atom. The molecule has 0 radical (unpaired) electrons. The first-order valence-corrected chi connectivity index (χ1v) is 5.24. The lowest BCUT2D eigenvalue weighted by atomic mass is 10.0. The van der Waals surface area contributed by atoms with Crippen molar-refractivity contribution in [2.45, 2.75) is 39.7 Å². The number of nitrogens with zero attached hydrogens (tertiary/aromatic N) is 1. The van der Waals surface area contributed by atoms with Gasteiger partial charge in [0.05, 0.1) is 6.04 Å². The zero-order valence-electron chi connectivity index (χ0n) is 9.99. The van der Waals surface area contributed by atoms with Gasteiger partial charge in [0.1, 0.15) is 5.78 Å². The molecule has 0 aliphatic heterocycles. The summed E-state index contributed by atoms with van der Waals surface area (Å²) >= 11 is 0. The average molecular weight is 210 g/mol. The molecule has 1 unspecified atom stereocenters. The summed E-state index contributed by atoms with van der Waals surface area (Å²) in [5.74, 6) is 0.0404. The molecule has 0 spiro atoms. The van der Waals surface area contributed by atoms with Crippen LogP contribution in [-0.2, 0) is 4.79 Å². The highest BCUT2D eigenvalue weighted by molar-refractivity contribution is 5.99. The number of hydrogen-bond acceptors (Lipinski definition) is 3. The van der Waals surface area contributed by atoms with Gasteiger partial charge in [0.15, 0.2) is 0 Å². The third-order valence-corrected chi connectivity index (χ3v) is 1.68. The largest absolute Gasteiger partial charge is 0.321 e. The van der Waals surface area contributed by atoms with E-state index in [2.05, 4.69) is 18.2 Å². The van der Waals surface area contributed by atoms with Crippen molar-refractivity contribution in [1.82, 2.24) is 0 Å². The van der Waals surface area contributed by atoms with Crippen molar-refractivity contribution in [3.63, 3.8) is 0 Å². The molecule has 0 saturated heterocycles. The molecule has 0 amide bonds. The monoisotopic (exact) mass is 210 g/mol. The van der Waals surface area contributed by atoms with Crippen LogP contribution >= 0.6 is 0 Å². The number of allylic oxidation sites excluding steroid dienone is 1. The van der Waals surface area contributed by atoms with E-state index in [1.54, 1.807) is 13.0 Å². The number of aliphatic imine (C=N–C) groups is 1. The summed E-state index contributed by atoms with van der Waals surface area (Å²) in [6.45, 7) is 12.8. The maximum Gasteiger partial charge on any atom is 0.149 e. The van der Waals surface area contributed by atoms with Crippen LogP contribution in [0.25, 0.3) is 0 Å². The normalized spacial score (nSPS) is 12.1. The Labute approximate surface area is 92.8 Å². The summed E-state index contributed by atoms with van der Waals surface area (Å²) in [4.78, 5) is 15.1. The minimum Gasteiger partial charge on any atom is -0.321 e. The molecule has 0 aliphatic carbocycles. The lowest BCUT2D eigenvalue weighted by Crippen LogP contribution is -2.31. The van der Waals surface area contributed by atoms with Crippen LogP contribution < -0.4 is 5.73 Å². The Bertz CT molecular complexity index is 232. The molecule has 0 aromatic rings. The quantitative estimate of drug-likeness (QED) is 0.685. The zero-order valence-corrected chi connectivity index (χ0v) is 9.99. The molecule has 0 fully saturated rings. The van der Waals surface area contributed by atoms with Crippen LogP contribution in [0.1, 0.15) is 33.6 Å². The summed E-state index contributed by atoms with van der Waals surface area (Å²) in [7, 11) is 0. The average Bonchev–Trinajstić information content (AvgIpc) is 2.29. The number of nitrogens with two attached hydrogens (primary N) is 1. The maximum atomic E-state index is 11.1. The van der Waals surface area contributed by atoms with E-state index in [1.807, 2.05) is 13.8 Å². The van der Waals surface area contributed by atoms with Crippen LogP contribution in [0.4, 0.5) is 0 Å². The van der Waals surface area contributed by atoms with Crippen LogP contribution in [-0.4, -0.2) is 17.5 Å². The second-order valence-electron chi connectivity index (χ2n) is 2.64. The van der Waals surface area contributed by atoms with Gasteiger partial charge < -0.3 is 5.73 Å². The van der Waals surface area contributed by atoms with Crippen molar-refractivity contribution in [3.05, 3.63) is 25.4 Å². The van der Waals surface area contributed by atoms with E-state index in [-0.39, 0.29) is 5.78 Å². The fourth-order valence-electron chi connectivity index (χ4n) is 0.907. The minimum atomic E-state index is -0.471. The molecule has 0 heterocycles. The van der Waals surface area contributed by atoms with Gasteiger partial charge in [-0.3, -0.25) is 9.79 Å². The molecule has 2 N–H and O–H groups in total. The van der Waals surface area contributed by atoms with E-state index in [0.29, 0.717) is 18.6 Å². The van der Waals surface area contributed by atoms with Crippen LogP contribution in [0.5, 0.6) is 0 Å². The van der Waals surface area contributed by atoms with Gasteiger partial charge in [0.2, 0.25) is 0 Å². The Hall–Kier alpha value is -1.22. The highest BCUT2D eigenvalue weighted by atomic mass is 16.1. The van der Waals surface area contributed by atoms with Crippen LogP contribution in [0.15, 0.2) is 30.4 Å². The van der Waals surface area contributed by atoms with Crippen LogP contribution in [0.3, 0.4) is 0 Å². The lowest BCUT2D eigenvalue weighted by molar-refractivity contribution is -0.119. The van der Waals surface area contributed by atoms with Crippen molar-refractivity contribution in [2.24, 2.45) is 10.7 Å². The third-order valence-electron chi connectivity index (χ3n) is 1.68. The van der Waals surface area contributed by atoms with Gasteiger partial charge in [-0.25, -0.2) is 0 Å². The molecule has 86 valence electrons. The first-order valence-electron chi connectivity index (χ1n) is 5.24. The van der Waals surface area contributed by atoms with Crippen molar-refractivity contribution in [1.29, 1.82) is 0 Å². The SMILES string of the molecule is C=CN=C(C=C)CC(N)C(=O)CC.CC. The molecule has 0 saturated carbocycles. The van der Waals surface area contributed by atoms with Gasteiger partial charge in [0.25, 0.3) is 0 Å². The lowest BCUT2D eigenvalue weighted by Gasteiger charge is -2.08. The standard InChI is InChI=1S/C10H16N2O.C2H6/c1-4-8(12-6-3)7-9(11)10(13)5-2;1-2/h4,6,9H,1,3,5,7,11H2,2H3;1-2H3. The highest BCUT2D eigenvalue weighted by Crippen LogP contribution is 1.98. The number of ketones is 1. The van der Waals surface area contributed by atoms with E-state index in [9.17, 15) is 4.79 Å². The van der Waals surface area contributed by atoms with Crippen LogP contribution in [0, 0.1) is 0 Å². The van der Waals surface area contributed by atoms with E-state index < -0.39 is 6.04 Å². The Morgan fingerprint density at radius 3 is 2.33 bits per heavy atom. The Balaban J connectivity index is 0. The van der Waals surface area contributed by atoms with Crippen molar-refractivity contribution in [2.75, 3.05) is 0 Å². The van der Waals surface area contributed by atoms with Gasteiger partial charge in [0, 0.05) is 24.8 Å². The molecule has 0 aromatic carbocycles. The summed E-state index contributed by atoms with van der Waals surface area (Å²) in [5.41, 5.74) is 6.32. The summed E-state index contributed by atoms with van der Waals surface area (Å²) in [6.07, 6.45) is 3.90. The highest BCUT2D eigenvalue weighted by Gasteiger charge is 2.12. The third kappa shape index (κ3) is 7.82. The number of rotatable bonds is 6. The Morgan fingerprint density at radius 1 is 1.47 bits per heavy atom. The molecular weight excluding hydrogens is 188 g/mol. The molecule has 0 rings (SSSR count). The molecule has 1 atom stereocenters. The molecule has 0 aliphatic rings. The fourth-order valence-corrected chi connectivity index (χ4v) is 0.907. The first kappa shape index (κ1) is 16.2. The van der Waals surface area contributed by atoms with E-state index in [0.717, 1.165) is 0 Å². The van der Waals surface area contributed by atoms with Gasteiger partial charge in [-0.15, -0.1) is 0 Å². The van der Waals surface area contributed by atoms with Crippen molar-refractivity contribution >= 4 is 11.5 Å². The number of hydrogen-bond donors (Lipinski definition) is 1. The number of carbonyl (C=O) groups excluding carboxylic acids is 1. The van der Waals surface area contributed by atoms with Gasteiger partial charge in [-0.05, 0) is 6.08 Å². The minimum absolute atomic E-state index is 0.0404. The first-order chi connectivity index (χ1) is 7.15. The number of Topliss-reactive ketones (excluding diaryl/α,β-unsaturated/α-hetero) is 1. The zero-order chi connectivity index (χ0) is 12.3. The predicted molar refractivity (Wildman–Crippen MR) is 67.1 cm³/mol. The number of carbonyl (C=O) groups is 1. The van der Waals surface area contributed by atoms with Gasteiger partial charge in [-0.2, -0.15) is 0 Å². The molecule has 0 aromatic heterocycles. The van der Waals surface area contributed by atoms with Gasteiger partial charge >= 0.3 is 0 Å². The van der Waals surface area contributed by atoms with Crippen molar-refractivity contribution < 1.29 is 4.79 Å². The second-order valence-corrected chi connectivity index (χ2v) is 2.64. The Kier molecular flexibility index (Phi) is 11.7. The summed E-state index contributed by atoms with van der Waals surface area (Å²) in [6, 6.07) is -0.471. The molecular formula is C12H22N2O. The molecule has 15 heavy (non-hydrogen) atoms. The summed E-state index contributed by atoms with van der Waals surface area (Å²) < 4.78 is 0. The van der Waals surface area contributed by atoms with E-state index in [1.165, 1.54) is 6.20 Å².